The molecule has 0 saturated carbocycles. The van der Waals surface area contributed by atoms with Crippen molar-refractivity contribution >= 4 is 23.6 Å². The van der Waals surface area contributed by atoms with Gasteiger partial charge < -0.3 is 21.3 Å². The fourth-order valence-corrected chi connectivity index (χ4v) is 4.20. The molecule has 3 aromatic rings. The fraction of sp³-hybridized carbons (Fsp3) is 0.303. The first-order chi connectivity index (χ1) is 20.0. The van der Waals surface area contributed by atoms with E-state index in [0.29, 0.717) is 17.5 Å². The maximum absolute atomic E-state index is 13.0. The van der Waals surface area contributed by atoms with Crippen LogP contribution in [0.1, 0.15) is 55.1 Å². The molecule has 4 N–H and O–H groups in total. The van der Waals surface area contributed by atoms with E-state index in [0.717, 1.165) is 16.7 Å². The molecule has 1 atom stereocenters. The molecule has 0 aliphatic carbocycles. The van der Waals surface area contributed by atoms with Gasteiger partial charge in [0.2, 0.25) is 17.7 Å². The second-order valence-electron chi connectivity index (χ2n) is 10.9. The van der Waals surface area contributed by atoms with Crippen LogP contribution in [0.2, 0.25) is 0 Å². The topological polar surface area (TPSA) is 140 Å². The number of nitriles is 1. The number of rotatable bonds is 12. The van der Waals surface area contributed by atoms with Gasteiger partial charge in [-0.15, -0.1) is 0 Å². The highest BCUT2D eigenvalue weighted by atomic mass is 16.2. The van der Waals surface area contributed by atoms with Crippen LogP contribution < -0.4 is 21.3 Å². The molecule has 0 bridgehead atoms. The maximum Gasteiger partial charge on any atom is 0.251 e. The molecular weight excluding hydrogens is 530 g/mol. The van der Waals surface area contributed by atoms with Crippen LogP contribution in [0.25, 0.3) is 11.1 Å². The summed E-state index contributed by atoms with van der Waals surface area (Å²) in [6.07, 6.45) is 0.467. The molecule has 0 aliphatic rings. The lowest BCUT2D eigenvalue weighted by molar-refractivity contribution is -0.132. The van der Waals surface area contributed by atoms with Gasteiger partial charge in [-0.2, -0.15) is 5.26 Å². The van der Waals surface area contributed by atoms with Crippen molar-refractivity contribution in [1.82, 2.24) is 21.3 Å². The lowest BCUT2D eigenvalue weighted by Gasteiger charge is -2.23. The minimum Gasteiger partial charge on any atom is -0.353 e. The van der Waals surface area contributed by atoms with Gasteiger partial charge in [0.05, 0.1) is 18.1 Å². The summed E-state index contributed by atoms with van der Waals surface area (Å²) in [5, 5.41) is 20.0. The second kappa shape index (κ2) is 15.1. The Balaban J connectivity index is 1.54. The van der Waals surface area contributed by atoms with E-state index in [1.807, 2.05) is 69.3 Å². The van der Waals surface area contributed by atoms with Crippen molar-refractivity contribution in [2.75, 3.05) is 13.1 Å². The molecular formula is C33H37N5O4. The van der Waals surface area contributed by atoms with Crippen molar-refractivity contribution < 1.29 is 19.2 Å². The zero-order valence-corrected chi connectivity index (χ0v) is 24.2. The van der Waals surface area contributed by atoms with E-state index >= 15 is 0 Å². The summed E-state index contributed by atoms with van der Waals surface area (Å²) in [5.74, 6) is -1.52. The van der Waals surface area contributed by atoms with Gasteiger partial charge in [-0.25, -0.2) is 0 Å². The van der Waals surface area contributed by atoms with Crippen molar-refractivity contribution in [1.29, 1.82) is 5.26 Å². The second-order valence-corrected chi connectivity index (χ2v) is 10.9. The summed E-state index contributed by atoms with van der Waals surface area (Å²) < 4.78 is 0. The Kier molecular flexibility index (Phi) is 11.4. The molecule has 0 heterocycles. The summed E-state index contributed by atoms with van der Waals surface area (Å²) in [4.78, 5) is 50.9. The predicted molar refractivity (Wildman–Crippen MR) is 161 cm³/mol. The molecule has 0 aromatic heterocycles. The van der Waals surface area contributed by atoms with Crippen LogP contribution in [-0.2, 0) is 20.8 Å². The molecule has 0 fully saturated rings. The van der Waals surface area contributed by atoms with E-state index in [9.17, 15) is 19.2 Å². The Hall–Kier alpha value is -4.97. The van der Waals surface area contributed by atoms with Crippen LogP contribution in [0, 0.1) is 11.3 Å². The third-order valence-corrected chi connectivity index (χ3v) is 6.22. The van der Waals surface area contributed by atoms with Crippen molar-refractivity contribution in [2.24, 2.45) is 0 Å². The number of nitrogens with zero attached hydrogens (tertiary/aromatic N) is 1. The smallest absolute Gasteiger partial charge is 0.251 e. The standard InChI is InChI=1S/C33H37N5O4/c1-33(2,3)38-30(40)21-28(37-29(39)17-14-23-8-5-4-6-9-23)32(42)36-19-18-35-31(41)27-11-7-10-26(20-27)25-15-12-24(22-34)13-16-25/h4-13,15-16,20,28H,14,17-19,21H2,1-3H3,(H,35,41)(H,36,42)(H,37,39)(H,38,40). The van der Waals surface area contributed by atoms with Crippen molar-refractivity contribution in [2.45, 2.75) is 51.6 Å². The molecule has 3 aromatic carbocycles. The first-order valence-electron chi connectivity index (χ1n) is 13.8. The number of nitrogens with one attached hydrogen (secondary N) is 4. The van der Waals surface area contributed by atoms with E-state index in [4.69, 9.17) is 5.26 Å². The van der Waals surface area contributed by atoms with Crippen LogP contribution in [-0.4, -0.2) is 48.3 Å². The number of amides is 4. The van der Waals surface area contributed by atoms with Crippen LogP contribution in [0.3, 0.4) is 0 Å². The summed E-state index contributed by atoms with van der Waals surface area (Å²) >= 11 is 0. The molecule has 0 aliphatic heterocycles. The molecule has 1 unspecified atom stereocenters. The Bertz CT molecular complexity index is 1420. The largest absolute Gasteiger partial charge is 0.353 e. The van der Waals surface area contributed by atoms with Gasteiger partial charge in [-0.3, -0.25) is 19.2 Å². The van der Waals surface area contributed by atoms with Crippen molar-refractivity contribution in [3.05, 3.63) is 95.6 Å². The zero-order valence-electron chi connectivity index (χ0n) is 24.2. The molecule has 9 nitrogen and oxygen atoms in total. The first-order valence-corrected chi connectivity index (χ1v) is 13.8. The quantitative estimate of drug-likeness (QED) is 0.248. The number of hydrogen-bond donors (Lipinski definition) is 4. The third-order valence-electron chi connectivity index (χ3n) is 6.22. The maximum atomic E-state index is 13.0. The molecule has 4 amide bonds. The highest BCUT2D eigenvalue weighted by Gasteiger charge is 2.25. The monoisotopic (exact) mass is 567 g/mol. The summed E-state index contributed by atoms with van der Waals surface area (Å²) in [5.41, 5.74) is 3.22. The fourth-order valence-electron chi connectivity index (χ4n) is 4.20. The molecule has 218 valence electrons. The van der Waals surface area contributed by atoms with Crippen LogP contribution in [0.4, 0.5) is 0 Å². The SMILES string of the molecule is CC(C)(C)NC(=O)CC(NC(=O)CCc1ccccc1)C(=O)NCCNC(=O)c1cccc(-c2ccc(C#N)cc2)c1. The predicted octanol–water partition coefficient (Wildman–Crippen LogP) is 3.49. The van der Waals surface area contributed by atoms with Gasteiger partial charge in [0.15, 0.2) is 0 Å². The van der Waals surface area contributed by atoms with Crippen LogP contribution >= 0.6 is 0 Å². The molecule has 0 saturated heterocycles. The normalized spacial score (nSPS) is 11.5. The Labute approximate surface area is 246 Å². The number of benzene rings is 3. The van der Waals surface area contributed by atoms with Crippen molar-refractivity contribution in [3.63, 3.8) is 0 Å². The number of aryl methyl sites for hydroxylation is 1. The van der Waals surface area contributed by atoms with E-state index < -0.39 is 17.5 Å². The van der Waals surface area contributed by atoms with Gasteiger partial charge in [-0.05, 0) is 68.1 Å². The van der Waals surface area contributed by atoms with Crippen LogP contribution in [0.5, 0.6) is 0 Å². The Morgan fingerprint density at radius 2 is 1.50 bits per heavy atom. The molecule has 0 spiro atoms. The van der Waals surface area contributed by atoms with Gasteiger partial charge in [-0.1, -0.05) is 54.6 Å². The van der Waals surface area contributed by atoms with E-state index in [1.165, 1.54) is 0 Å². The first kappa shape index (κ1) is 31.6. The minimum absolute atomic E-state index is 0.108. The average molecular weight is 568 g/mol. The molecule has 42 heavy (non-hydrogen) atoms. The number of hydrogen-bond acceptors (Lipinski definition) is 5. The molecule has 9 heteroatoms. The van der Waals surface area contributed by atoms with Gasteiger partial charge in [0.1, 0.15) is 6.04 Å². The summed E-state index contributed by atoms with van der Waals surface area (Å²) in [6, 6.07) is 24.7. The lowest BCUT2D eigenvalue weighted by Crippen LogP contribution is -2.51. The van der Waals surface area contributed by atoms with Gasteiger partial charge in [0, 0.05) is 30.6 Å². The Morgan fingerprint density at radius 3 is 2.17 bits per heavy atom. The number of carbonyl (C=O) groups excluding carboxylic acids is 4. The van der Waals surface area contributed by atoms with E-state index in [2.05, 4.69) is 27.3 Å². The highest BCUT2D eigenvalue weighted by molar-refractivity contribution is 5.95. The minimum atomic E-state index is -1.06. The van der Waals surface area contributed by atoms with Crippen LogP contribution in [0.15, 0.2) is 78.9 Å². The van der Waals surface area contributed by atoms with E-state index in [-0.39, 0.29) is 43.7 Å². The third kappa shape index (κ3) is 10.5. The van der Waals surface area contributed by atoms with Gasteiger partial charge in [0.25, 0.3) is 5.91 Å². The van der Waals surface area contributed by atoms with E-state index in [1.54, 1.807) is 30.3 Å². The highest BCUT2D eigenvalue weighted by Crippen LogP contribution is 2.21. The lowest BCUT2D eigenvalue weighted by atomic mass is 10.0. The summed E-state index contributed by atoms with van der Waals surface area (Å²) in [6.45, 7) is 5.76. The number of carbonyl (C=O) groups is 4. The average Bonchev–Trinajstić information content (AvgIpc) is 2.97. The van der Waals surface area contributed by atoms with Crippen molar-refractivity contribution in [3.8, 4) is 17.2 Å². The zero-order chi connectivity index (χ0) is 30.5. The van der Waals surface area contributed by atoms with Gasteiger partial charge >= 0.3 is 0 Å². The molecule has 3 rings (SSSR count). The molecule has 0 radical (unpaired) electrons. The Morgan fingerprint density at radius 1 is 0.810 bits per heavy atom. The summed E-state index contributed by atoms with van der Waals surface area (Å²) in [7, 11) is 0.